The van der Waals surface area contributed by atoms with Gasteiger partial charge in [-0.25, -0.2) is 8.42 Å². The minimum absolute atomic E-state index is 0.197. The van der Waals surface area contributed by atoms with E-state index in [9.17, 15) is 13.2 Å². The van der Waals surface area contributed by atoms with Crippen LogP contribution in [0.1, 0.15) is 0 Å². The summed E-state index contributed by atoms with van der Waals surface area (Å²) in [7, 11) is -3.58. The predicted molar refractivity (Wildman–Crippen MR) is 118 cm³/mol. The van der Waals surface area contributed by atoms with Crippen molar-refractivity contribution in [3.05, 3.63) is 77.1 Å². The van der Waals surface area contributed by atoms with Gasteiger partial charge in [-0.1, -0.05) is 47.7 Å². The monoisotopic (exact) mass is 435 g/mol. The molecule has 1 aliphatic rings. The smallest absolute Gasteiger partial charge is 0.278 e. The molecule has 0 amide bonds. The van der Waals surface area contributed by atoms with Gasteiger partial charge in [-0.3, -0.25) is 9.69 Å². The lowest BCUT2D eigenvalue weighted by molar-refractivity contribution is 0.141. The molecule has 31 heavy (non-hydrogen) atoms. The summed E-state index contributed by atoms with van der Waals surface area (Å²) in [5.74, 6) is 0. The highest BCUT2D eigenvalue weighted by atomic mass is 32.2. The van der Waals surface area contributed by atoms with Crippen molar-refractivity contribution < 1.29 is 8.42 Å². The number of hydrogen-bond donors (Lipinski definition) is 0. The highest BCUT2D eigenvalue weighted by Crippen LogP contribution is 2.23. The first-order valence-corrected chi connectivity index (χ1v) is 11.5. The number of aromatic nitrogens is 3. The van der Waals surface area contributed by atoms with Crippen LogP contribution in [-0.2, 0) is 16.7 Å². The number of fused-ring (bicyclic) bond motifs is 2. The maximum Gasteiger partial charge on any atom is 0.278 e. The Hall–Kier alpha value is -3.14. The topological polar surface area (TPSA) is 88.4 Å². The fraction of sp³-hybridized carbons (Fsp3) is 0.227. The molecule has 0 radical (unpaired) electrons. The zero-order valence-electron chi connectivity index (χ0n) is 16.8. The fourth-order valence-corrected chi connectivity index (χ4v) is 5.35. The summed E-state index contributed by atoms with van der Waals surface area (Å²) in [5.41, 5.74) is 0.367. The number of hydrogen-bond acceptors (Lipinski definition) is 6. The Labute approximate surface area is 179 Å². The molecule has 1 aliphatic heterocycles. The SMILES string of the molecule is O=c1c2ccccc2nnn1CN1CCN(S(=O)(=O)c2ccc3ccccc3c2)CC1. The van der Waals surface area contributed by atoms with Crippen LogP contribution in [0, 0.1) is 0 Å². The van der Waals surface area contributed by atoms with Gasteiger partial charge in [0, 0.05) is 26.2 Å². The first-order chi connectivity index (χ1) is 15.0. The molecule has 8 nitrogen and oxygen atoms in total. The molecule has 0 atom stereocenters. The molecule has 0 aliphatic carbocycles. The third kappa shape index (κ3) is 3.71. The van der Waals surface area contributed by atoms with Crippen LogP contribution < -0.4 is 5.56 Å². The van der Waals surface area contributed by atoms with Crippen LogP contribution >= 0.6 is 0 Å². The van der Waals surface area contributed by atoms with Gasteiger partial charge in [0.05, 0.1) is 17.0 Å². The molecule has 0 unspecified atom stereocenters. The quantitative estimate of drug-likeness (QED) is 0.487. The molecule has 158 valence electrons. The molecule has 4 aromatic rings. The summed E-state index contributed by atoms with van der Waals surface area (Å²) in [6.07, 6.45) is 0. The number of benzene rings is 3. The van der Waals surface area contributed by atoms with Crippen molar-refractivity contribution in [1.29, 1.82) is 0 Å². The summed E-state index contributed by atoms with van der Waals surface area (Å²) in [6.45, 7) is 2.00. The number of rotatable bonds is 4. The lowest BCUT2D eigenvalue weighted by Gasteiger charge is -2.33. The fourth-order valence-electron chi connectivity index (χ4n) is 3.89. The molecule has 1 fully saturated rings. The van der Waals surface area contributed by atoms with Crippen molar-refractivity contribution in [3.8, 4) is 0 Å². The summed E-state index contributed by atoms with van der Waals surface area (Å²) in [4.78, 5) is 15.0. The van der Waals surface area contributed by atoms with E-state index in [-0.39, 0.29) is 12.2 Å². The number of nitrogens with zero attached hydrogens (tertiary/aromatic N) is 5. The highest BCUT2D eigenvalue weighted by molar-refractivity contribution is 7.89. The summed E-state index contributed by atoms with van der Waals surface area (Å²) >= 11 is 0. The summed E-state index contributed by atoms with van der Waals surface area (Å²) in [5, 5.41) is 10.6. The largest absolute Gasteiger partial charge is 0.282 e. The van der Waals surface area contributed by atoms with Gasteiger partial charge in [0.15, 0.2) is 0 Å². The summed E-state index contributed by atoms with van der Waals surface area (Å²) in [6, 6.07) is 20.0. The Morgan fingerprint density at radius 3 is 2.35 bits per heavy atom. The lowest BCUT2D eigenvalue weighted by Crippen LogP contribution is -2.49. The van der Waals surface area contributed by atoms with E-state index in [4.69, 9.17) is 0 Å². The van der Waals surface area contributed by atoms with Crippen molar-refractivity contribution >= 4 is 31.7 Å². The molecule has 3 aromatic carbocycles. The number of piperazine rings is 1. The second-order valence-corrected chi connectivity index (χ2v) is 9.52. The molecule has 1 saturated heterocycles. The maximum absolute atomic E-state index is 13.1. The Morgan fingerprint density at radius 1 is 0.839 bits per heavy atom. The van der Waals surface area contributed by atoms with Crippen LogP contribution in [-0.4, -0.2) is 58.8 Å². The van der Waals surface area contributed by atoms with E-state index in [1.165, 1.54) is 8.99 Å². The van der Waals surface area contributed by atoms with Gasteiger partial charge < -0.3 is 0 Å². The molecule has 1 aromatic heterocycles. The molecule has 2 heterocycles. The minimum atomic E-state index is -3.58. The highest BCUT2D eigenvalue weighted by Gasteiger charge is 2.29. The Morgan fingerprint density at radius 2 is 1.55 bits per heavy atom. The van der Waals surface area contributed by atoms with Gasteiger partial charge >= 0.3 is 0 Å². The Kier molecular flexibility index (Phi) is 5.01. The Balaban J connectivity index is 1.30. The van der Waals surface area contributed by atoms with Crippen molar-refractivity contribution in [1.82, 2.24) is 24.2 Å². The first kappa shape index (κ1) is 19.8. The molecule has 9 heteroatoms. The van der Waals surface area contributed by atoms with Crippen LogP contribution in [0.3, 0.4) is 0 Å². The molecule has 0 N–H and O–H groups in total. The third-order valence-electron chi connectivity index (χ3n) is 5.65. The minimum Gasteiger partial charge on any atom is -0.282 e. The average Bonchev–Trinajstić information content (AvgIpc) is 2.81. The Bertz CT molecular complexity index is 1430. The predicted octanol–water partition coefficient (Wildman–Crippen LogP) is 1.91. The normalized spacial score (nSPS) is 16.1. The van der Waals surface area contributed by atoms with Gasteiger partial charge in [0.25, 0.3) is 5.56 Å². The van der Waals surface area contributed by atoms with Crippen LogP contribution in [0.25, 0.3) is 21.7 Å². The zero-order valence-corrected chi connectivity index (χ0v) is 17.6. The molecular formula is C22H21N5O3S. The van der Waals surface area contributed by atoms with Crippen molar-refractivity contribution in [2.45, 2.75) is 11.6 Å². The van der Waals surface area contributed by atoms with Crippen LogP contribution in [0.4, 0.5) is 0 Å². The van der Waals surface area contributed by atoms with Gasteiger partial charge in [-0.05, 0) is 35.0 Å². The number of sulfonamides is 1. The van der Waals surface area contributed by atoms with Crippen molar-refractivity contribution in [3.63, 3.8) is 0 Å². The van der Waals surface area contributed by atoms with E-state index in [0.717, 1.165) is 10.8 Å². The van der Waals surface area contributed by atoms with E-state index in [2.05, 4.69) is 10.3 Å². The molecule has 0 bridgehead atoms. The van der Waals surface area contributed by atoms with Crippen molar-refractivity contribution in [2.24, 2.45) is 0 Å². The second kappa shape index (κ2) is 7.84. The second-order valence-electron chi connectivity index (χ2n) is 7.58. The van der Waals surface area contributed by atoms with E-state index in [1.807, 2.05) is 41.3 Å². The van der Waals surface area contributed by atoms with Crippen molar-refractivity contribution in [2.75, 3.05) is 26.2 Å². The van der Waals surface area contributed by atoms with Crippen LogP contribution in [0.2, 0.25) is 0 Å². The molecule has 0 spiro atoms. The maximum atomic E-state index is 13.1. The standard InChI is InChI=1S/C22H21N5O3S/c28-22-20-7-3-4-8-21(20)23-24-27(22)16-25-11-13-26(14-12-25)31(29,30)19-10-9-17-5-1-2-6-18(17)15-19/h1-10,15H,11-14,16H2. The molecular weight excluding hydrogens is 414 g/mol. The van der Waals surface area contributed by atoms with E-state index < -0.39 is 10.0 Å². The molecule has 5 rings (SSSR count). The van der Waals surface area contributed by atoms with Gasteiger partial charge in [-0.2, -0.15) is 8.99 Å². The van der Waals surface area contributed by atoms with Gasteiger partial charge in [0.2, 0.25) is 10.0 Å². The summed E-state index contributed by atoms with van der Waals surface area (Å²) < 4.78 is 29.1. The average molecular weight is 436 g/mol. The van der Waals surface area contributed by atoms with Gasteiger partial charge in [0.1, 0.15) is 5.52 Å². The first-order valence-electron chi connectivity index (χ1n) is 10.1. The zero-order chi connectivity index (χ0) is 21.4. The van der Waals surface area contributed by atoms with Crippen LogP contribution in [0.5, 0.6) is 0 Å². The van der Waals surface area contributed by atoms with E-state index in [0.29, 0.717) is 42.0 Å². The van der Waals surface area contributed by atoms with E-state index >= 15 is 0 Å². The third-order valence-corrected chi connectivity index (χ3v) is 7.55. The van der Waals surface area contributed by atoms with Crippen LogP contribution in [0.15, 0.2) is 76.4 Å². The lowest BCUT2D eigenvalue weighted by atomic mass is 10.1. The molecule has 0 saturated carbocycles. The van der Waals surface area contributed by atoms with E-state index in [1.54, 1.807) is 30.3 Å². The van der Waals surface area contributed by atoms with Gasteiger partial charge in [-0.15, -0.1) is 5.10 Å².